The molecule has 33 heavy (non-hydrogen) atoms. The van der Waals surface area contributed by atoms with Gasteiger partial charge in [0.25, 0.3) is 5.91 Å². The smallest absolute Gasteiger partial charge is 0.337 e. The van der Waals surface area contributed by atoms with Crippen LogP contribution in [-0.4, -0.2) is 33.7 Å². The molecular formula is C24H18N4O5. The molecule has 0 spiro atoms. The maximum Gasteiger partial charge on any atom is 0.337 e. The van der Waals surface area contributed by atoms with Crippen molar-refractivity contribution in [3.63, 3.8) is 0 Å². The fourth-order valence-electron chi connectivity index (χ4n) is 3.01. The van der Waals surface area contributed by atoms with Crippen molar-refractivity contribution in [2.75, 3.05) is 10.6 Å². The van der Waals surface area contributed by atoms with E-state index in [1.807, 2.05) is 24.3 Å². The summed E-state index contributed by atoms with van der Waals surface area (Å²) in [5.41, 5.74) is -0.0620. The summed E-state index contributed by atoms with van der Waals surface area (Å²) in [6.45, 7) is 0. The molecule has 3 aromatic carbocycles. The van der Waals surface area contributed by atoms with Crippen LogP contribution in [0.5, 0.6) is 5.75 Å². The highest BCUT2D eigenvalue weighted by molar-refractivity contribution is 6.48. The van der Waals surface area contributed by atoms with Crippen LogP contribution in [0, 0.1) is 16.7 Å². The van der Waals surface area contributed by atoms with Crippen molar-refractivity contribution in [2.24, 2.45) is 0 Å². The van der Waals surface area contributed by atoms with Gasteiger partial charge in [0.2, 0.25) is 5.91 Å². The molecule has 3 aromatic rings. The monoisotopic (exact) mass is 442 g/mol. The number of carboxylic acids is 1. The summed E-state index contributed by atoms with van der Waals surface area (Å²) in [7, 11) is 0. The van der Waals surface area contributed by atoms with Crippen LogP contribution in [0.25, 0.3) is 0 Å². The molecule has 0 aliphatic heterocycles. The number of benzene rings is 3. The first-order chi connectivity index (χ1) is 15.8. The molecule has 0 fully saturated rings. The van der Waals surface area contributed by atoms with Crippen molar-refractivity contribution in [1.82, 2.24) is 0 Å². The molecule has 0 saturated carbocycles. The van der Waals surface area contributed by atoms with Crippen LogP contribution in [-0.2, 0) is 16.0 Å². The average molecular weight is 442 g/mol. The van der Waals surface area contributed by atoms with E-state index in [4.69, 9.17) is 10.7 Å². The van der Waals surface area contributed by atoms with Gasteiger partial charge in [-0.15, -0.1) is 0 Å². The topological polar surface area (TPSA) is 163 Å². The summed E-state index contributed by atoms with van der Waals surface area (Å²) in [6, 6.07) is 18.5. The highest BCUT2D eigenvalue weighted by atomic mass is 16.4. The Morgan fingerprint density at radius 3 is 2.33 bits per heavy atom. The molecule has 164 valence electrons. The third-order valence-electron chi connectivity index (χ3n) is 4.61. The lowest BCUT2D eigenvalue weighted by Gasteiger charge is -2.12. The minimum atomic E-state index is -1.36. The van der Waals surface area contributed by atoms with Crippen LogP contribution in [0.4, 0.5) is 11.4 Å². The van der Waals surface area contributed by atoms with Gasteiger partial charge in [-0.2, -0.15) is 5.26 Å². The number of rotatable bonds is 7. The van der Waals surface area contributed by atoms with Gasteiger partial charge in [-0.3, -0.25) is 15.0 Å². The van der Waals surface area contributed by atoms with E-state index in [2.05, 4.69) is 10.6 Å². The highest BCUT2D eigenvalue weighted by Crippen LogP contribution is 2.24. The molecule has 3 rings (SSSR count). The maximum atomic E-state index is 12.6. The van der Waals surface area contributed by atoms with Gasteiger partial charge in [0.1, 0.15) is 11.5 Å². The lowest BCUT2D eigenvalue weighted by atomic mass is 10.1. The number of aromatic carboxylic acids is 1. The third-order valence-corrected chi connectivity index (χ3v) is 4.61. The normalized spacial score (nSPS) is 10.0. The van der Waals surface area contributed by atoms with Crippen LogP contribution in [0.3, 0.4) is 0 Å². The van der Waals surface area contributed by atoms with Crippen LogP contribution in [0.1, 0.15) is 27.0 Å². The molecule has 0 radical (unpaired) electrons. The quantitative estimate of drug-likeness (QED) is 0.279. The van der Waals surface area contributed by atoms with Crippen molar-refractivity contribution < 1.29 is 24.6 Å². The summed E-state index contributed by atoms with van der Waals surface area (Å²) in [6.07, 6.45) is 0.117. The SMILES string of the molecule is N#Cc1ccc(NC(=O)C(=N)c2cc(NC(=O)Cc3ccccc3)ccc2O)c(C(=O)O)c1. The Kier molecular flexibility index (Phi) is 6.81. The first kappa shape index (κ1) is 22.7. The molecule has 9 heteroatoms. The third kappa shape index (κ3) is 5.59. The molecule has 0 bridgehead atoms. The number of nitrogens with one attached hydrogen (secondary N) is 3. The number of carbonyl (C=O) groups excluding carboxylic acids is 2. The molecular weight excluding hydrogens is 424 g/mol. The Balaban J connectivity index is 1.77. The number of nitrogens with zero attached hydrogens (tertiary/aromatic N) is 1. The molecule has 0 atom stereocenters. The number of carboxylic acid groups (broad SMARTS) is 1. The van der Waals surface area contributed by atoms with Gasteiger partial charge in [-0.05, 0) is 42.0 Å². The van der Waals surface area contributed by atoms with Crippen molar-refractivity contribution in [2.45, 2.75) is 6.42 Å². The second-order valence-electron chi connectivity index (χ2n) is 6.95. The number of hydrogen-bond donors (Lipinski definition) is 5. The Hall–Kier alpha value is -4.97. The van der Waals surface area contributed by atoms with Crippen LogP contribution >= 0.6 is 0 Å². The zero-order valence-electron chi connectivity index (χ0n) is 17.1. The molecule has 0 heterocycles. The predicted octanol–water partition coefficient (Wildman–Crippen LogP) is 3.15. The number of phenolic OH excluding ortho intramolecular Hbond substituents is 1. The molecule has 0 saturated heterocycles. The number of anilines is 2. The largest absolute Gasteiger partial charge is 0.507 e. The summed E-state index contributed by atoms with van der Waals surface area (Å²) >= 11 is 0. The van der Waals surface area contributed by atoms with E-state index >= 15 is 0 Å². The highest BCUT2D eigenvalue weighted by Gasteiger charge is 2.20. The number of phenols is 1. The van der Waals surface area contributed by atoms with Crippen LogP contribution in [0.15, 0.2) is 66.7 Å². The molecule has 5 N–H and O–H groups in total. The van der Waals surface area contributed by atoms with Crippen molar-refractivity contribution in [3.05, 3.63) is 89.0 Å². The van der Waals surface area contributed by atoms with Gasteiger partial charge in [0.05, 0.1) is 29.3 Å². The molecule has 0 unspecified atom stereocenters. The lowest BCUT2D eigenvalue weighted by molar-refractivity contribution is -0.115. The Labute approximate surface area is 188 Å². The van der Waals surface area contributed by atoms with E-state index in [0.29, 0.717) is 0 Å². The fraction of sp³-hybridized carbons (Fsp3) is 0.0417. The molecule has 0 aliphatic carbocycles. The van der Waals surface area contributed by atoms with E-state index in [-0.39, 0.29) is 46.1 Å². The Morgan fingerprint density at radius 1 is 0.939 bits per heavy atom. The number of nitriles is 1. The van der Waals surface area contributed by atoms with Gasteiger partial charge in [-0.1, -0.05) is 30.3 Å². The second kappa shape index (κ2) is 9.89. The van der Waals surface area contributed by atoms with E-state index < -0.39 is 17.6 Å². The summed E-state index contributed by atoms with van der Waals surface area (Å²) < 4.78 is 0. The standard InChI is InChI=1S/C24H18N4O5/c25-13-15-6-8-19(17(10-15)24(32)33)28-23(31)22(26)18-12-16(7-9-20(18)29)27-21(30)11-14-4-2-1-3-5-14/h1-10,12,26,29H,11H2,(H,27,30)(H,28,31)(H,32,33). The summed E-state index contributed by atoms with van der Waals surface area (Å²) in [5.74, 6) is -3.03. The van der Waals surface area contributed by atoms with Crippen LogP contribution < -0.4 is 10.6 Å². The fourth-order valence-corrected chi connectivity index (χ4v) is 3.01. The zero-order chi connectivity index (χ0) is 24.0. The van der Waals surface area contributed by atoms with Gasteiger partial charge >= 0.3 is 5.97 Å². The van der Waals surface area contributed by atoms with Gasteiger partial charge < -0.3 is 20.8 Å². The summed E-state index contributed by atoms with van der Waals surface area (Å²) in [5, 5.41) is 41.5. The van der Waals surface area contributed by atoms with Gasteiger partial charge in [-0.25, -0.2) is 4.79 Å². The first-order valence-corrected chi connectivity index (χ1v) is 9.63. The van der Waals surface area contributed by atoms with E-state index in [9.17, 15) is 24.6 Å². The second-order valence-corrected chi connectivity index (χ2v) is 6.95. The van der Waals surface area contributed by atoms with Gasteiger partial charge in [0, 0.05) is 11.3 Å². The first-order valence-electron chi connectivity index (χ1n) is 9.63. The van der Waals surface area contributed by atoms with Crippen molar-refractivity contribution in [1.29, 1.82) is 10.7 Å². The number of hydrogen-bond acceptors (Lipinski definition) is 6. The molecule has 0 aromatic heterocycles. The van der Waals surface area contributed by atoms with Crippen LogP contribution in [0.2, 0.25) is 0 Å². The molecule has 9 nitrogen and oxygen atoms in total. The Morgan fingerprint density at radius 2 is 1.67 bits per heavy atom. The van der Waals surface area contributed by atoms with Crippen molar-refractivity contribution in [3.8, 4) is 11.8 Å². The Bertz CT molecular complexity index is 1300. The predicted molar refractivity (Wildman–Crippen MR) is 120 cm³/mol. The number of amides is 2. The minimum absolute atomic E-state index is 0.0945. The lowest BCUT2D eigenvalue weighted by Crippen LogP contribution is -2.24. The number of carbonyl (C=O) groups is 3. The van der Waals surface area contributed by atoms with E-state index in [1.54, 1.807) is 12.1 Å². The zero-order valence-corrected chi connectivity index (χ0v) is 17.1. The molecule has 0 aliphatic rings. The van der Waals surface area contributed by atoms with E-state index in [0.717, 1.165) is 11.6 Å². The van der Waals surface area contributed by atoms with Gasteiger partial charge in [0.15, 0.2) is 0 Å². The summed E-state index contributed by atoms with van der Waals surface area (Å²) in [4.78, 5) is 36.3. The average Bonchev–Trinajstić information content (AvgIpc) is 2.80. The minimum Gasteiger partial charge on any atom is -0.507 e. The van der Waals surface area contributed by atoms with Crippen molar-refractivity contribution >= 4 is 34.9 Å². The molecule has 2 amide bonds. The number of aromatic hydroxyl groups is 1. The van der Waals surface area contributed by atoms with E-state index in [1.165, 1.54) is 30.3 Å². The maximum absolute atomic E-state index is 12.6.